The summed E-state index contributed by atoms with van der Waals surface area (Å²) >= 11 is 0. The van der Waals surface area contributed by atoms with Crippen LogP contribution in [0.5, 0.6) is 5.75 Å². The minimum absolute atomic E-state index is 0.535. The highest BCUT2D eigenvalue weighted by molar-refractivity contribution is 5.36. The monoisotopic (exact) mass is 264 g/mol. The largest absolute Gasteiger partial charge is 0.388 e. The van der Waals surface area contributed by atoms with Gasteiger partial charge in [0.05, 0.1) is 0 Å². The number of nitrogens with zero attached hydrogens (tertiary/aromatic N) is 2. The van der Waals surface area contributed by atoms with Crippen LogP contribution in [0, 0.1) is 23.0 Å². The SMILES string of the molecule is N#COC1=CCC=C(Cc2ccc(OC#N)cc2)C=C1. The van der Waals surface area contributed by atoms with E-state index in [1.54, 1.807) is 30.7 Å². The van der Waals surface area contributed by atoms with Gasteiger partial charge in [-0.3, -0.25) is 0 Å². The minimum atomic E-state index is 0.535. The van der Waals surface area contributed by atoms with Crippen LogP contribution in [0.4, 0.5) is 0 Å². The number of benzene rings is 1. The van der Waals surface area contributed by atoms with Crippen molar-refractivity contribution in [3.05, 3.63) is 65.5 Å². The molecule has 1 aromatic carbocycles. The van der Waals surface area contributed by atoms with Crippen molar-refractivity contribution in [2.24, 2.45) is 0 Å². The first kappa shape index (κ1) is 13.5. The van der Waals surface area contributed by atoms with Gasteiger partial charge >= 0.3 is 0 Å². The summed E-state index contributed by atoms with van der Waals surface area (Å²) in [5.41, 5.74) is 2.27. The Hall–Kier alpha value is -2.98. The summed E-state index contributed by atoms with van der Waals surface area (Å²) in [5, 5.41) is 16.9. The Morgan fingerprint density at radius 3 is 2.40 bits per heavy atom. The molecule has 0 bridgehead atoms. The maximum Gasteiger partial charge on any atom is 0.292 e. The van der Waals surface area contributed by atoms with Crippen molar-refractivity contribution in [2.75, 3.05) is 0 Å². The van der Waals surface area contributed by atoms with E-state index in [1.165, 1.54) is 0 Å². The highest BCUT2D eigenvalue weighted by atomic mass is 16.5. The van der Waals surface area contributed by atoms with E-state index in [0.29, 0.717) is 11.5 Å². The smallest absolute Gasteiger partial charge is 0.292 e. The summed E-state index contributed by atoms with van der Waals surface area (Å²) in [7, 11) is 0. The molecule has 0 unspecified atom stereocenters. The lowest BCUT2D eigenvalue weighted by Gasteiger charge is -2.03. The summed E-state index contributed by atoms with van der Waals surface area (Å²) in [5.74, 6) is 1.10. The second-order valence-electron chi connectivity index (χ2n) is 4.16. The van der Waals surface area contributed by atoms with Gasteiger partial charge in [-0.2, -0.15) is 0 Å². The van der Waals surface area contributed by atoms with Gasteiger partial charge in [0.25, 0.3) is 12.5 Å². The van der Waals surface area contributed by atoms with Crippen molar-refractivity contribution in [1.29, 1.82) is 10.5 Å². The molecule has 0 radical (unpaired) electrons. The van der Waals surface area contributed by atoms with Gasteiger partial charge in [0, 0.05) is 0 Å². The first-order chi connectivity index (χ1) is 9.81. The number of hydrogen-bond donors (Lipinski definition) is 0. The normalized spacial score (nSPS) is 13.3. The Bertz CT molecular complexity index is 641. The van der Waals surface area contributed by atoms with Gasteiger partial charge in [0.15, 0.2) is 0 Å². The molecule has 20 heavy (non-hydrogen) atoms. The van der Waals surface area contributed by atoms with Crippen LogP contribution in [0.1, 0.15) is 12.0 Å². The maximum absolute atomic E-state index is 8.48. The average molecular weight is 264 g/mol. The predicted molar refractivity (Wildman–Crippen MR) is 73.0 cm³/mol. The van der Waals surface area contributed by atoms with Gasteiger partial charge in [-0.15, -0.1) is 10.5 Å². The molecule has 0 spiro atoms. The van der Waals surface area contributed by atoms with Crippen LogP contribution in [-0.2, 0) is 11.2 Å². The zero-order valence-electron chi connectivity index (χ0n) is 10.7. The van der Waals surface area contributed by atoms with Crippen LogP contribution in [0.25, 0.3) is 0 Å². The summed E-state index contributed by atoms with van der Waals surface area (Å²) < 4.78 is 9.54. The van der Waals surface area contributed by atoms with Gasteiger partial charge in [-0.1, -0.05) is 24.3 Å². The van der Waals surface area contributed by atoms with Crippen molar-refractivity contribution in [1.82, 2.24) is 0 Å². The third-order valence-corrected chi connectivity index (χ3v) is 2.82. The fourth-order valence-electron chi connectivity index (χ4n) is 1.87. The molecule has 4 nitrogen and oxygen atoms in total. The summed E-state index contributed by atoms with van der Waals surface area (Å²) in [6.07, 6.45) is 12.5. The molecule has 98 valence electrons. The Labute approximate surface area is 117 Å². The van der Waals surface area contributed by atoms with E-state index < -0.39 is 0 Å². The van der Waals surface area contributed by atoms with Crippen LogP contribution in [-0.4, -0.2) is 0 Å². The van der Waals surface area contributed by atoms with E-state index in [9.17, 15) is 0 Å². The first-order valence-electron chi connectivity index (χ1n) is 6.10. The van der Waals surface area contributed by atoms with Crippen LogP contribution in [0.3, 0.4) is 0 Å². The molecule has 0 N–H and O–H groups in total. The molecule has 4 heteroatoms. The topological polar surface area (TPSA) is 66.0 Å². The number of rotatable bonds is 4. The highest BCUT2D eigenvalue weighted by Gasteiger charge is 2.02. The van der Waals surface area contributed by atoms with E-state index in [1.807, 2.05) is 24.3 Å². The molecule has 0 atom stereocenters. The van der Waals surface area contributed by atoms with Gasteiger partial charge in [0.2, 0.25) is 0 Å². The van der Waals surface area contributed by atoms with E-state index in [4.69, 9.17) is 20.0 Å². The van der Waals surface area contributed by atoms with Crippen LogP contribution >= 0.6 is 0 Å². The Morgan fingerprint density at radius 2 is 1.70 bits per heavy atom. The minimum Gasteiger partial charge on any atom is -0.388 e. The molecule has 0 saturated heterocycles. The van der Waals surface area contributed by atoms with Gasteiger partial charge in [-0.25, -0.2) is 0 Å². The molecule has 0 aliphatic heterocycles. The van der Waals surface area contributed by atoms with Crippen LogP contribution in [0.2, 0.25) is 0 Å². The van der Waals surface area contributed by atoms with Crippen LogP contribution in [0.15, 0.2) is 59.9 Å². The van der Waals surface area contributed by atoms with Gasteiger partial charge in [-0.05, 0) is 48.3 Å². The predicted octanol–water partition coefficient (Wildman–Crippen LogP) is 3.36. The van der Waals surface area contributed by atoms with E-state index in [2.05, 4.69) is 6.08 Å². The second kappa shape index (κ2) is 6.82. The Balaban J connectivity index is 2.01. The molecule has 0 fully saturated rings. The number of allylic oxidation sites excluding steroid dienone is 5. The van der Waals surface area contributed by atoms with E-state index in [0.717, 1.165) is 24.0 Å². The molecule has 0 aromatic heterocycles. The molecule has 0 heterocycles. The van der Waals surface area contributed by atoms with Gasteiger partial charge < -0.3 is 9.47 Å². The molecule has 0 saturated carbocycles. The van der Waals surface area contributed by atoms with Gasteiger partial charge in [0.1, 0.15) is 11.5 Å². The van der Waals surface area contributed by atoms with Crippen molar-refractivity contribution in [2.45, 2.75) is 12.8 Å². The molecule has 1 aromatic rings. The number of hydrogen-bond acceptors (Lipinski definition) is 4. The van der Waals surface area contributed by atoms with E-state index in [-0.39, 0.29) is 0 Å². The Morgan fingerprint density at radius 1 is 0.950 bits per heavy atom. The van der Waals surface area contributed by atoms with Crippen molar-refractivity contribution >= 4 is 0 Å². The van der Waals surface area contributed by atoms with E-state index >= 15 is 0 Å². The lowest BCUT2D eigenvalue weighted by atomic mass is 10.0. The third-order valence-electron chi connectivity index (χ3n) is 2.82. The molecule has 0 amide bonds. The lowest BCUT2D eigenvalue weighted by molar-refractivity contribution is 0.391. The second-order valence-corrected chi connectivity index (χ2v) is 4.16. The van der Waals surface area contributed by atoms with Crippen molar-refractivity contribution in [3.63, 3.8) is 0 Å². The third kappa shape index (κ3) is 3.76. The zero-order chi connectivity index (χ0) is 14.2. The molecule has 2 rings (SSSR count). The first-order valence-corrected chi connectivity index (χ1v) is 6.10. The summed E-state index contributed by atoms with van der Waals surface area (Å²) in [6, 6.07) is 7.38. The Kier molecular flexibility index (Phi) is 4.59. The summed E-state index contributed by atoms with van der Waals surface area (Å²) in [4.78, 5) is 0. The number of nitriles is 2. The molecule has 1 aliphatic rings. The molecular weight excluding hydrogens is 252 g/mol. The molecular formula is C16H12N2O2. The highest BCUT2D eigenvalue weighted by Crippen LogP contribution is 2.18. The number of ether oxygens (including phenoxy) is 2. The molecule has 1 aliphatic carbocycles. The van der Waals surface area contributed by atoms with Crippen molar-refractivity contribution in [3.8, 4) is 18.3 Å². The fourth-order valence-corrected chi connectivity index (χ4v) is 1.87. The zero-order valence-corrected chi connectivity index (χ0v) is 10.7. The van der Waals surface area contributed by atoms with Crippen LogP contribution < -0.4 is 4.74 Å². The average Bonchev–Trinajstić information content (AvgIpc) is 2.68. The fraction of sp³-hybridized carbons (Fsp3) is 0.125. The quantitative estimate of drug-likeness (QED) is 0.782. The lowest BCUT2D eigenvalue weighted by Crippen LogP contribution is -1.89. The maximum atomic E-state index is 8.48. The standard InChI is InChI=1S/C16H12N2O2/c17-11-19-15-3-1-2-13(4-7-15)10-14-5-8-16(9-6-14)20-12-18/h2-9H,1,10H2. The summed E-state index contributed by atoms with van der Waals surface area (Å²) in [6.45, 7) is 0. The van der Waals surface area contributed by atoms with Crippen molar-refractivity contribution < 1.29 is 9.47 Å².